The topological polar surface area (TPSA) is 12.0 Å². The van der Waals surface area contributed by atoms with E-state index in [0.717, 1.165) is 0 Å². The van der Waals surface area contributed by atoms with E-state index in [1.54, 1.807) is 5.56 Å². The Kier molecular flexibility index (Phi) is 1.00. The van der Waals surface area contributed by atoms with E-state index in [0.29, 0.717) is 5.41 Å². The molecule has 62 valence electrons. The summed E-state index contributed by atoms with van der Waals surface area (Å²) in [5.41, 5.74) is 5.01. The van der Waals surface area contributed by atoms with Crippen LogP contribution in [0.15, 0.2) is 18.2 Å². The number of fused-ring (bicyclic) bond motifs is 2. The van der Waals surface area contributed by atoms with Crippen LogP contribution in [0.25, 0.3) is 0 Å². The van der Waals surface area contributed by atoms with Crippen LogP contribution in [0.5, 0.6) is 0 Å². The maximum Gasteiger partial charge on any atom is 0.0382 e. The maximum atomic E-state index is 3.49. The average molecular weight is 159 g/mol. The summed E-state index contributed by atoms with van der Waals surface area (Å²) in [6, 6.07) is 6.57. The molecule has 1 fully saturated rings. The van der Waals surface area contributed by atoms with Gasteiger partial charge in [0.15, 0.2) is 0 Å². The number of hydrogen-bond donors (Lipinski definition) is 1. The summed E-state index contributed by atoms with van der Waals surface area (Å²) in [6.07, 6.45) is 2.77. The monoisotopic (exact) mass is 159 g/mol. The molecule has 1 aliphatic carbocycles. The van der Waals surface area contributed by atoms with Crippen LogP contribution in [0.3, 0.4) is 0 Å². The Hall–Kier alpha value is -0.980. The first kappa shape index (κ1) is 6.53. The van der Waals surface area contributed by atoms with Gasteiger partial charge >= 0.3 is 0 Å². The Morgan fingerprint density at radius 3 is 2.92 bits per heavy atom. The highest BCUT2D eigenvalue weighted by atomic mass is 15.0. The van der Waals surface area contributed by atoms with Crippen LogP contribution in [0.4, 0.5) is 5.69 Å². The summed E-state index contributed by atoms with van der Waals surface area (Å²) in [4.78, 5) is 0. The first-order valence-electron chi connectivity index (χ1n) is 4.66. The standard InChI is InChI=1S/C11H13N/c1-8-3-2-4-9-10(8)11(5-6-11)7-12-9/h2-4,12H,5-7H2,1H3. The molecule has 2 aliphatic rings. The number of nitrogens with one attached hydrogen (secondary N) is 1. The van der Waals surface area contributed by atoms with Gasteiger partial charge in [-0.05, 0) is 37.0 Å². The fourth-order valence-electron chi connectivity index (χ4n) is 2.45. The summed E-state index contributed by atoms with van der Waals surface area (Å²) >= 11 is 0. The molecule has 3 rings (SSSR count). The van der Waals surface area contributed by atoms with Crippen molar-refractivity contribution in [2.45, 2.75) is 25.2 Å². The van der Waals surface area contributed by atoms with Gasteiger partial charge in [-0.2, -0.15) is 0 Å². The van der Waals surface area contributed by atoms with Crippen molar-refractivity contribution in [1.29, 1.82) is 0 Å². The fraction of sp³-hybridized carbons (Fsp3) is 0.455. The van der Waals surface area contributed by atoms with Crippen LogP contribution in [-0.2, 0) is 5.41 Å². The van der Waals surface area contributed by atoms with E-state index < -0.39 is 0 Å². The highest BCUT2D eigenvalue weighted by Gasteiger charge is 2.49. The number of benzene rings is 1. The Morgan fingerprint density at radius 1 is 1.33 bits per heavy atom. The van der Waals surface area contributed by atoms with E-state index in [2.05, 4.69) is 30.4 Å². The van der Waals surface area contributed by atoms with Crippen molar-refractivity contribution in [1.82, 2.24) is 0 Å². The summed E-state index contributed by atoms with van der Waals surface area (Å²) < 4.78 is 0. The van der Waals surface area contributed by atoms with Gasteiger partial charge in [-0.15, -0.1) is 0 Å². The molecule has 0 radical (unpaired) electrons. The minimum atomic E-state index is 0.556. The zero-order valence-electron chi connectivity index (χ0n) is 7.35. The Labute approximate surface area is 72.8 Å². The molecule has 0 unspecified atom stereocenters. The van der Waals surface area contributed by atoms with Crippen molar-refractivity contribution in [3.63, 3.8) is 0 Å². The molecule has 1 heteroatoms. The second kappa shape index (κ2) is 1.85. The lowest BCUT2D eigenvalue weighted by atomic mass is 9.94. The van der Waals surface area contributed by atoms with Crippen molar-refractivity contribution >= 4 is 5.69 Å². The number of aryl methyl sites for hydroxylation is 1. The largest absolute Gasteiger partial charge is 0.384 e. The zero-order valence-corrected chi connectivity index (χ0v) is 7.35. The van der Waals surface area contributed by atoms with E-state index in [-0.39, 0.29) is 0 Å². The Morgan fingerprint density at radius 2 is 2.17 bits per heavy atom. The van der Waals surface area contributed by atoms with E-state index in [4.69, 9.17) is 0 Å². The van der Waals surface area contributed by atoms with Crippen LogP contribution in [-0.4, -0.2) is 6.54 Å². The van der Waals surface area contributed by atoms with Gasteiger partial charge in [-0.25, -0.2) is 0 Å². The van der Waals surface area contributed by atoms with E-state index in [9.17, 15) is 0 Å². The molecule has 1 heterocycles. The van der Waals surface area contributed by atoms with Crippen molar-refractivity contribution in [2.75, 3.05) is 11.9 Å². The lowest BCUT2D eigenvalue weighted by Gasteiger charge is -2.08. The van der Waals surface area contributed by atoms with Crippen molar-refractivity contribution in [2.24, 2.45) is 0 Å². The Bertz CT molecular complexity index is 337. The molecule has 1 N–H and O–H groups in total. The van der Waals surface area contributed by atoms with Gasteiger partial charge in [-0.1, -0.05) is 12.1 Å². The molecule has 12 heavy (non-hydrogen) atoms. The van der Waals surface area contributed by atoms with Gasteiger partial charge in [0, 0.05) is 17.6 Å². The smallest absolute Gasteiger partial charge is 0.0382 e. The van der Waals surface area contributed by atoms with Crippen LogP contribution < -0.4 is 5.32 Å². The maximum absolute atomic E-state index is 3.49. The third-order valence-corrected chi connectivity index (χ3v) is 3.27. The minimum Gasteiger partial charge on any atom is -0.384 e. The summed E-state index contributed by atoms with van der Waals surface area (Å²) in [7, 11) is 0. The predicted molar refractivity (Wildman–Crippen MR) is 50.6 cm³/mol. The molecule has 1 saturated carbocycles. The van der Waals surface area contributed by atoms with Crippen molar-refractivity contribution in [3.8, 4) is 0 Å². The molecule has 0 atom stereocenters. The third kappa shape index (κ3) is 0.644. The van der Waals surface area contributed by atoms with Gasteiger partial charge in [0.1, 0.15) is 0 Å². The number of anilines is 1. The predicted octanol–water partition coefficient (Wildman–Crippen LogP) is 2.45. The third-order valence-electron chi connectivity index (χ3n) is 3.27. The van der Waals surface area contributed by atoms with E-state index in [1.807, 2.05) is 0 Å². The zero-order chi connectivity index (χ0) is 8.18. The molecular formula is C11H13N. The van der Waals surface area contributed by atoms with Gasteiger partial charge in [0.25, 0.3) is 0 Å². The first-order valence-corrected chi connectivity index (χ1v) is 4.66. The van der Waals surface area contributed by atoms with E-state index >= 15 is 0 Å². The summed E-state index contributed by atoms with van der Waals surface area (Å²) in [6.45, 7) is 3.40. The molecule has 1 aliphatic heterocycles. The lowest BCUT2D eigenvalue weighted by molar-refractivity contribution is 0.772. The molecule has 1 nitrogen and oxygen atoms in total. The van der Waals surface area contributed by atoms with E-state index in [1.165, 1.54) is 30.6 Å². The lowest BCUT2D eigenvalue weighted by Crippen LogP contribution is -2.09. The van der Waals surface area contributed by atoms with Gasteiger partial charge in [0.2, 0.25) is 0 Å². The van der Waals surface area contributed by atoms with Gasteiger partial charge in [-0.3, -0.25) is 0 Å². The second-order valence-electron chi connectivity index (χ2n) is 4.13. The fourth-order valence-corrected chi connectivity index (χ4v) is 2.45. The molecular weight excluding hydrogens is 146 g/mol. The molecule has 0 amide bonds. The highest BCUT2D eigenvalue weighted by molar-refractivity contribution is 5.65. The highest BCUT2D eigenvalue weighted by Crippen LogP contribution is 2.55. The van der Waals surface area contributed by atoms with Gasteiger partial charge in [0.05, 0.1) is 0 Å². The molecule has 0 bridgehead atoms. The van der Waals surface area contributed by atoms with Crippen molar-refractivity contribution in [3.05, 3.63) is 29.3 Å². The normalized spacial score (nSPS) is 22.1. The molecule has 0 aromatic heterocycles. The van der Waals surface area contributed by atoms with Crippen molar-refractivity contribution < 1.29 is 0 Å². The average Bonchev–Trinajstić information content (AvgIpc) is 2.71. The molecule has 1 aromatic carbocycles. The number of hydrogen-bond acceptors (Lipinski definition) is 1. The minimum absolute atomic E-state index is 0.556. The molecule has 1 spiro atoms. The first-order chi connectivity index (χ1) is 5.82. The SMILES string of the molecule is Cc1cccc2c1C1(CC1)CN2. The molecule has 0 saturated heterocycles. The summed E-state index contributed by atoms with van der Waals surface area (Å²) in [5, 5.41) is 3.49. The molecule has 1 aromatic rings. The van der Waals surface area contributed by atoms with Crippen LogP contribution in [0, 0.1) is 6.92 Å². The van der Waals surface area contributed by atoms with Crippen LogP contribution in [0.1, 0.15) is 24.0 Å². The number of rotatable bonds is 0. The summed E-state index contributed by atoms with van der Waals surface area (Å²) in [5.74, 6) is 0. The quantitative estimate of drug-likeness (QED) is 0.613. The second-order valence-corrected chi connectivity index (χ2v) is 4.13. The Balaban J connectivity index is 2.26. The van der Waals surface area contributed by atoms with Crippen LogP contribution in [0.2, 0.25) is 0 Å². The van der Waals surface area contributed by atoms with Crippen LogP contribution >= 0.6 is 0 Å². The van der Waals surface area contributed by atoms with Gasteiger partial charge < -0.3 is 5.32 Å².